The van der Waals surface area contributed by atoms with Crippen LogP contribution in [0.1, 0.15) is 11.1 Å². The van der Waals surface area contributed by atoms with Crippen molar-refractivity contribution in [2.24, 2.45) is 0 Å². The summed E-state index contributed by atoms with van der Waals surface area (Å²) in [4.78, 5) is 1.79. The molecule has 126 valence electrons. The topological polar surface area (TPSA) is 40.5 Å². The fraction of sp³-hybridized carbons (Fsp3) is 0.200. The van der Waals surface area contributed by atoms with Crippen molar-refractivity contribution in [3.63, 3.8) is 0 Å². The van der Waals surface area contributed by atoms with Gasteiger partial charge in [0.25, 0.3) is 0 Å². The number of aliphatic hydroxyl groups excluding tert-OH is 2. The zero-order chi connectivity index (χ0) is 17.0. The number of thioether (sulfide) groups is 2. The van der Waals surface area contributed by atoms with Gasteiger partial charge in [-0.3, -0.25) is 0 Å². The molecule has 0 saturated carbocycles. The SMILES string of the molecule is OC/C(=C/C=C(/CO)SCc1ccccc1)SCc1ccccc1. The highest BCUT2D eigenvalue weighted by Crippen LogP contribution is 2.24. The molecule has 0 aliphatic heterocycles. The molecule has 0 atom stereocenters. The quantitative estimate of drug-likeness (QED) is 0.643. The summed E-state index contributed by atoms with van der Waals surface area (Å²) in [5, 5.41) is 19.0. The van der Waals surface area contributed by atoms with Crippen molar-refractivity contribution in [3.05, 3.63) is 93.8 Å². The van der Waals surface area contributed by atoms with Crippen molar-refractivity contribution in [1.82, 2.24) is 0 Å². The van der Waals surface area contributed by atoms with Gasteiger partial charge in [0.1, 0.15) is 0 Å². The van der Waals surface area contributed by atoms with Gasteiger partial charge in [0.2, 0.25) is 0 Å². The summed E-state index contributed by atoms with van der Waals surface area (Å²) in [5.74, 6) is 1.65. The van der Waals surface area contributed by atoms with Gasteiger partial charge in [0.15, 0.2) is 0 Å². The first-order valence-electron chi connectivity index (χ1n) is 7.76. The first-order valence-corrected chi connectivity index (χ1v) is 9.74. The van der Waals surface area contributed by atoms with E-state index >= 15 is 0 Å². The Labute approximate surface area is 152 Å². The maximum absolute atomic E-state index is 9.51. The van der Waals surface area contributed by atoms with Crippen LogP contribution in [0.5, 0.6) is 0 Å². The highest BCUT2D eigenvalue weighted by atomic mass is 32.2. The molecule has 0 aliphatic carbocycles. The van der Waals surface area contributed by atoms with E-state index in [0.29, 0.717) is 0 Å². The minimum atomic E-state index is 0.00998. The normalized spacial score (nSPS) is 12.4. The standard InChI is InChI=1S/C20H22O2S2/c21-13-19(23-15-17-7-3-1-4-8-17)11-12-20(14-22)24-16-18-9-5-2-6-10-18/h1-12,21-22H,13-16H2/b19-11-,20-12-. The second-order valence-electron chi connectivity index (χ2n) is 5.13. The second-order valence-corrected chi connectivity index (χ2v) is 7.33. The zero-order valence-corrected chi connectivity index (χ0v) is 15.1. The molecule has 0 radical (unpaired) electrons. The van der Waals surface area contributed by atoms with Crippen LogP contribution in [-0.2, 0) is 11.5 Å². The average Bonchev–Trinajstić information content (AvgIpc) is 2.65. The lowest BCUT2D eigenvalue weighted by Crippen LogP contribution is -1.90. The van der Waals surface area contributed by atoms with Crippen LogP contribution < -0.4 is 0 Å². The highest BCUT2D eigenvalue weighted by Gasteiger charge is 2.00. The Morgan fingerprint density at radius 1 is 0.667 bits per heavy atom. The van der Waals surface area contributed by atoms with E-state index in [1.165, 1.54) is 11.1 Å². The van der Waals surface area contributed by atoms with E-state index in [9.17, 15) is 10.2 Å². The number of aliphatic hydroxyl groups is 2. The summed E-state index contributed by atoms with van der Waals surface area (Å²) in [5.41, 5.74) is 2.46. The van der Waals surface area contributed by atoms with E-state index in [1.807, 2.05) is 48.6 Å². The Balaban J connectivity index is 1.90. The molecular weight excluding hydrogens is 336 g/mol. The Bertz CT molecular complexity index is 592. The van der Waals surface area contributed by atoms with Gasteiger partial charge >= 0.3 is 0 Å². The fourth-order valence-electron chi connectivity index (χ4n) is 1.98. The molecule has 0 saturated heterocycles. The van der Waals surface area contributed by atoms with E-state index in [0.717, 1.165) is 21.3 Å². The number of hydrogen-bond acceptors (Lipinski definition) is 4. The molecule has 2 rings (SSSR count). The molecule has 2 aromatic carbocycles. The smallest absolute Gasteiger partial charge is 0.0740 e. The average molecular weight is 359 g/mol. The Kier molecular flexibility index (Phi) is 8.77. The highest BCUT2D eigenvalue weighted by molar-refractivity contribution is 8.02. The predicted molar refractivity (Wildman–Crippen MR) is 106 cm³/mol. The Morgan fingerprint density at radius 3 is 1.38 bits per heavy atom. The lowest BCUT2D eigenvalue weighted by molar-refractivity contribution is 0.338. The summed E-state index contributed by atoms with van der Waals surface area (Å²) in [6, 6.07) is 20.4. The molecule has 0 bridgehead atoms. The lowest BCUT2D eigenvalue weighted by atomic mass is 10.2. The van der Waals surface area contributed by atoms with Gasteiger partial charge < -0.3 is 10.2 Å². The first-order chi connectivity index (χ1) is 11.8. The third-order valence-electron chi connectivity index (χ3n) is 3.30. The minimum absolute atomic E-state index is 0.00998. The van der Waals surface area contributed by atoms with Gasteiger partial charge in [-0.05, 0) is 23.3 Å². The van der Waals surface area contributed by atoms with Crippen LogP contribution in [-0.4, -0.2) is 23.4 Å². The third kappa shape index (κ3) is 6.97. The minimum Gasteiger partial charge on any atom is -0.391 e. The maximum Gasteiger partial charge on any atom is 0.0740 e. The summed E-state index contributed by atoms with van der Waals surface area (Å²) in [7, 11) is 0. The molecule has 2 N–H and O–H groups in total. The van der Waals surface area contributed by atoms with Crippen molar-refractivity contribution >= 4 is 23.5 Å². The lowest BCUT2D eigenvalue weighted by Gasteiger charge is -2.05. The Hall–Kier alpha value is -1.46. The fourth-order valence-corrected chi connectivity index (χ4v) is 3.58. The van der Waals surface area contributed by atoms with Crippen LogP contribution in [0, 0.1) is 0 Å². The number of rotatable bonds is 9. The van der Waals surface area contributed by atoms with Crippen molar-refractivity contribution in [2.45, 2.75) is 11.5 Å². The van der Waals surface area contributed by atoms with E-state index < -0.39 is 0 Å². The summed E-state index contributed by atoms with van der Waals surface area (Å²) >= 11 is 3.23. The monoisotopic (exact) mass is 358 g/mol. The third-order valence-corrected chi connectivity index (χ3v) is 5.53. The zero-order valence-electron chi connectivity index (χ0n) is 13.5. The van der Waals surface area contributed by atoms with Crippen LogP contribution in [0.15, 0.2) is 82.6 Å². The first kappa shape index (κ1) is 18.9. The molecule has 0 heterocycles. The van der Waals surface area contributed by atoms with Crippen molar-refractivity contribution in [1.29, 1.82) is 0 Å². The molecule has 0 spiro atoms. The molecule has 4 heteroatoms. The maximum atomic E-state index is 9.51. The van der Waals surface area contributed by atoms with Crippen LogP contribution in [0.25, 0.3) is 0 Å². The largest absolute Gasteiger partial charge is 0.391 e. The van der Waals surface area contributed by atoms with Crippen LogP contribution in [0.3, 0.4) is 0 Å². The van der Waals surface area contributed by atoms with E-state index in [4.69, 9.17) is 0 Å². The Morgan fingerprint density at radius 2 is 1.04 bits per heavy atom. The van der Waals surface area contributed by atoms with Gasteiger partial charge in [0, 0.05) is 21.3 Å². The summed E-state index contributed by atoms with van der Waals surface area (Å²) < 4.78 is 0. The molecule has 24 heavy (non-hydrogen) atoms. The molecule has 0 amide bonds. The van der Waals surface area contributed by atoms with E-state index in [2.05, 4.69) is 24.3 Å². The molecular formula is C20H22O2S2. The van der Waals surface area contributed by atoms with Crippen LogP contribution >= 0.6 is 23.5 Å². The van der Waals surface area contributed by atoms with Crippen LogP contribution in [0.4, 0.5) is 0 Å². The molecule has 0 aliphatic rings. The van der Waals surface area contributed by atoms with E-state index in [1.54, 1.807) is 23.5 Å². The van der Waals surface area contributed by atoms with Gasteiger partial charge in [-0.25, -0.2) is 0 Å². The van der Waals surface area contributed by atoms with Crippen molar-refractivity contribution in [3.8, 4) is 0 Å². The summed E-state index contributed by atoms with van der Waals surface area (Å²) in [6.07, 6.45) is 3.80. The van der Waals surface area contributed by atoms with E-state index in [-0.39, 0.29) is 13.2 Å². The van der Waals surface area contributed by atoms with Gasteiger partial charge in [-0.15, -0.1) is 23.5 Å². The van der Waals surface area contributed by atoms with Crippen molar-refractivity contribution < 1.29 is 10.2 Å². The van der Waals surface area contributed by atoms with Gasteiger partial charge in [-0.2, -0.15) is 0 Å². The number of benzene rings is 2. The van der Waals surface area contributed by atoms with Gasteiger partial charge in [-0.1, -0.05) is 60.7 Å². The summed E-state index contributed by atoms with van der Waals surface area (Å²) in [6.45, 7) is 0.0200. The van der Waals surface area contributed by atoms with Crippen LogP contribution in [0.2, 0.25) is 0 Å². The molecule has 2 nitrogen and oxygen atoms in total. The van der Waals surface area contributed by atoms with Crippen molar-refractivity contribution in [2.75, 3.05) is 13.2 Å². The predicted octanol–water partition coefficient (Wildman–Crippen LogP) is 4.61. The number of allylic oxidation sites excluding steroid dienone is 2. The molecule has 0 aromatic heterocycles. The second kappa shape index (κ2) is 11.2. The molecule has 0 fully saturated rings. The number of hydrogen-bond donors (Lipinski definition) is 2. The molecule has 0 unspecified atom stereocenters. The van der Waals surface area contributed by atoms with Gasteiger partial charge in [0.05, 0.1) is 13.2 Å². The molecule has 2 aromatic rings.